The van der Waals surface area contributed by atoms with Crippen LogP contribution in [0.15, 0.2) is 36.7 Å². The first-order valence-electron chi connectivity index (χ1n) is 8.58. The Bertz CT molecular complexity index is 1180. The molecule has 3 heterocycles. The van der Waals surface area contributed by atoms with E-state index >= 15 is 0 Å². The molecule has 8 heteroatoms. The van der Waals surface area contributed by atoms with Crippen molar-refractivity contribution in [3.05, 3.63) is 36.7 Å². The quantitative estimate of drug-likeness (QED) is 0.516. The number of carbonyl (C=O) groups excluding carboxylic acids is 1. The summed E-state index contributed by atoms with van der Waals surface area (Å²) in [6.07, 6.45) is 2.87. The molecule has 1 saturated carbocycles. The van der Waals surface area contributed by atoms with Crippen LogP contribution in [0.25, 0.3) is 33.1 Å². The molecule has 7 nitrogen and oxygen atoms in total. The summed E-state index contributed by atoms with van der Waals surface area (Å²) >= 11 is 0. The predicted molar refractivity (Wildman–Crippen MR) is 99.4 cm³/mol. The van der Waals surface area contributed by atoms with Crippen molar-refractivity contribution in [1.29, 1.82) is 0 Å². The minimum atomic E-state index is -1.03. The van der Waals surface area contributed by atoms with Gasteiger partial charge in [0, 0.05) is 34.2 Å². The first kappa shape index (κ1) is 15.8. The lowest BCUT2D eigenvalue weighted by atomic mass is 10.0. The third-order valence-electron chi connectivity index (χ3n) is 4.89. The van der Waals surface area contributed by atoms with Crippen LogP contribution in [0.3, 0.4) is 0 Å². The molecule has 0 bridgehead atoms. The zero-order chi connectivity index (χ0) is 18.5. The van der Waals surface area contributed by atoms with Crippen molar-refractivity contribution in [2.24, 2.45) is 5.92 Å². The fourth-order valence-electron chi connectivity index (χ4n) is 3.30. The highest BCUT2D eigenvalue weighted by Gasteiger charge is 2.43. The number of anilines is 1. The van der Waals surface area contributed by atoms with E-state index in [2.05, 4.69) is 25.5 Å². The molecule has 1 aliphatic rings. The number of amides is 1. The number of aromatic amines is 2. The fraction of sp³-hybridized carbons (Fsp3) is 0.211. The minimum absolute atomic E-state index is 0.289. The Hall–Kier alpha value is -3.42. The molecule has 0 radical (unpaired) electrons. The number of benzene rings is 1. The molecule has 1 amide bonds. The second-order valence-electron chi connectivity index (χ2n) is 6.65. The van der Waals surface area contributed by atoms with Crippen molar-refractivity contribution in [3.8, 4) is 16.9 Å². The van der Waals surface area contributed by atoms with Crippen LogP contribution in [0.2, 0.25) is 0 Å². The lowest BCUT2D eigenvalue weighted by molar-refractivity contribution is -0.117. The number of aromatic nitrogens is 4. The van der Waals surface area contributed by atoms with E-state index in [4.69, 9.17) is 4.74 Å². The van der Waals surface area contributed by atoms with Gasteiger partial charge in [0.25, 0.3) is 0 Å². The number of hydrogen-bond acceptors (Lipinski definition) is 4. The number of nitrogens with one attached hydrogen (secondary N) is 3. The van der Waals surface area contributed by atoms with Crippen LogP contribution in [0.4, 0.5) is 10.2 Å². The van der Waals surface area contributed by atoms with Crippen molar-refractivity contribution in [3.63, 3.8) is 0 Å². The van der Waals surface area contributed by atoms with Gasteiger partial charge in [-0.05, 0) is 24.6 Å². The summed E-state index contributed by atoms with van der Waals surface area (Å²) in [7, 11) is 1.62. The maximum atomic E-state index is 13.0. The maximum Gasteiger partial charge on any atom is 0.231 e. The summed E-state index contributed by atoms with van der Waals surface area (Å²) in [5, 5.41) is 11.5. The van der Waals surface area contributed by atoms with Crippen molar-refractivity contribution >= 4 is 33.7 Å². The Kier molecular flexibility index (Phi) is 3.40. The Balaban J connectivity index is 1.54. The van der Waals surface area contributed by atoms with Crippen molar-refractivity contribution in [2.45, 2.75) is 12.6 Å². The third-order valence-corrected chi connectivity index (χ3v) is 4.89. The molecular formula is C19H16FN5O2. The molecule has 4 aromatic rings. The number of rotatable bonds is 4. The number of alkyl halides is 1. The Morgan fingerprint density at radius 1 is 1.33 bits per heavy atom. The highest BCUT2D eigenvalue weighted by Crippen LogP contribution is 2.38. The van der Waals surface area contributed by atoms with E-state index in [1.807, 2.05) is 24.4 Å². The summed E-state index contributed by atoms with van der Waals surface area (Å²) in [4.78, 5) is 19.5. The molecule has 3 aromatic heterocycles. The molecule has 0 aliphatic heterocycles. The fourth-order valence-corrected chi connectivity index (χ4v) is 3.30. The topological polar surface area (TPSA) is 95.7 Å². The third kappa shape index (κ3) is 2.61. The lowest BCUT2D eigenvalue weighted by Gasteiger charge is -2.08. The predicted octanol–water partition coefficient (Wildman–Crippen LogP) is 3.41. The molecule has 1 fully saturated rings. The Morgan fingerprint density at radius 2 is 2.19 bits per heavy atom. The minimum Gasteiger partial charge on any atom is -0.496 e. The molecule has 5 rings (SSSR count). The monoisotopic (exact) mass is 365 g/mol. The summed E-state index contributed by atoms with van der Waals surface area (Å²) in [6.45, 7) is 0. The van der Waals surface area contributed by atoms with E-state index in [1.54, 1.807) is 19.4 Å². The number of pyridine rings is 1. The molecule has 1 aliphatic carbocycles. The van der Waals surface area contributed by atoms with Crippen molar-refractivity contribution < 1.29 is 13.9 Å². The van der Waals surface area contributed by atoms with Gasteiger partial charge in [-0.1, -0.05) is 0 Å². The number of nitrogens with zero attached hydrogens (tertiary/aromatic N) is 2. The van der Waals surface area contributed by atoms with E-state index in [0.29, 0.717) is 17.2 Å². The van der Waals surface area contributed by atoms with Crippen LogP contribution in [-0.2, 0) is 4.79 Å². The first-order chi connectivity index (χ1) is 13.1. The number of fused-ring (bicyclic) bond motifs is 2. The van der Waals surface area contributed by atoms with Gasteiger partial charge < -0.3 is 15.0 Å². The average Bonchev–Trinajstić information content (AvgIpc) is 3.07. The molecule has 3 N–H and O–H groups in total. The summed E-state index contributed by atoms with van der Waals surface area (Å²) in [5.41, 5.74) is 3.37. The zero-order valence-electron chi connectivity index (χ0n) is 14.4. The van der Waals surface area contributed by atoms with Gasteiger partial charge in [-0.2, -0.15) is 5.10 Å². The second-order valence-corrected chi connectivity index (χ2v) is 6.65. The van der Waals surface area contributed by atoms with Crippen molar-refractivity contribution in [1.82, 2.24) is 20.2 Å². The van der Waals surface area contributed by atoms with Crippen LogP contribution in [0.1, 0.15) is 6.42 Å². The average molecular weight is 365 g/mol. The SMILES string of the molecule is COc1cc2[nH]ncc2cc1-c1c[nH]c2nc(NC(=O)C3CC3F)ccc12. The van der Waals surface area contributed by atoms with Gasteiger partial charge >= 0.3 is 0 Å². The van der Waals surface area contributed by atoms with Gasteiger partial charge in [-0.15, -0.1) is 0 Å². The van der Waals surface area contributed by atoms with Crippen LogP contribution in [0, 0.1) is 5.92 Å². The van der Waals surface area contributed by atoms with E-state index < -0.39 is 12.1 Å². The number of carbonyl (C=O) groups is 1. The maximum absolute atomic E-state index is 13.0. The van der Waals surface area contributed by atoms with Gasteiger partial charge in [0.1, 0.15) is 23.4 Å². The molecule has 0 spiro atoms. The molecule has 27 heavy (non-hydrogen) atoms. The number of H-pyrrole nitrogens is 2. The summed E-state index contributed by atoms with van der Waals surface area (Å²) in [6, 6.07) is 7.50. The van der Waals surface area contributed by atoms with Gasteiger partial charge in [-0.25, -0.2) is 9.37 Å². The molecular weight excluding hydrogens is 349 g/mol. The molecule has 136 valence electrons. The van der Waals surface area contributed by atoms with Gasteiger partial charge in [0.2, 0.25) is 5.91 Å². The molecule has 2 unspecified atom stereocenters. The van der Waals surface area contributed by atoms with Crippen LogP contribution >= 0.6 is 0 Å². The van der Waals surface area contributed by atoms with Gasteiger partial charge in [-0.3, -0.25) is 9.89 Å². The first-order valence-corrected chi connectivity index (χ1v) is 8.58. The standard InChI is InChI=1S/C19H16FN5O2/c1-27-16-6-15-9(7-22-25-15)4-11(16)13-8-21-18-10(13)2-3-17(23-18)24-19(26)12-5-14(12)20/h2-4,6-8,12,14H,5H2,1H3,(H,22,25)(H2,21,23,24,26). The van der Waals surface area contributed by atoms with E-state index in [0.717, 1.165) is 27.4 Å². The number of hydrogen-bond donors (Lipinski definition) is 3. The van der Waals surface area contributed by atoms with Gasteiger partial charge in [0.05, 0.1) is 24.7 Å². The zero-order valence-corrected chi connectivity index (χ0v) is 14.4. The molecule has 1 aromatic carbocycles. The van der Waals surface area contributed by atoms with Crippen LogP contribution in [-0.4, -0.2) is 39.4 Å². The van der Waals surface area contributed by atoms with E-state index in [9.17, 15) is 9.18 Å². The summed E-state index contributed by atoms with van der Waals surface area (Å²) < 4.78 is 18.6. The van der Waals surface area contributed by atoms with Crippen LogP contribution in [0.5, 0.6) is 5.75 Å². The normalized spacial score (nSPS) is 18.7. The van der Waals surface area contributed by atoms with E-state index in [-0.39, 0.29) is 12.3 Å². The largest absolute Gasteiger partial charge is 0.496 e. The number of halogens is 1. The van der Waals surface area contributed by atoms with Crippen LogP contribution < -0.4 is 10.1 Å². The Labute approximate surface area is 152 Å². The van der Waals surface area contributed by atoms with E-state index in [1.165, 1.54) is 0 Å². The highest BCUT2D eigenvalue weighted by atomic mass is 19.1. The number of methoxy groups -OCH3 is 1. The highest BCUT2D eigenvalue weighted by molar-refractivity contribution is 6.00. The summed E-state index contributed by atoms with van der Waals surface area (Å²) in [5.74, 6) is 0.242. The lowest BCUT2D eigenvalue weighted by Crippen LogP contribution is -2.15. The smallest absolute Gasteiger partial charge is 0.231 e. The second kappa shape index (κ2) is 5.80. The Morgan fingerprint density at radius 3 is 2.96 bits per heavy atom. The number of ether oxygens (including phenoxy) is 1. The molecule has 0 saturated heterocycles. The molecule has 2 atom stereocenters. The van der Waals surface area contributed by atoms with Crippen molar-refractivity contribution in [2.75, 3.05) is 12.4 Å². The van der Waals surface area contributed by atoms with Gasteiger partial charge in [0.15, 0.2) is 0 Å².